The van der Waals surface area contributed by atoms with Crippen LogP contribution in [0, 0.1) is 0 Å². The van der Waals surface area contributed by atoms with E-state index in [-0.39, 0.29) is 40.5 Å². The third kappa shape index (κ3) is 9.60. The van der Waals surface area contributed by atoms with E-state index in [0.717, 1.165) is 47.7 Å². The van der Waals surface area contributed by atoms with Crippen molar-refractivity contribution >= 4 is 13.7 Å². The Morgan fingerprint density at radius 1 is 0.500 bits per heavy atom. The van der Waals surface area contributed by atoms with Crippen LogP contribution in [0.15, 0.2) is 36.4 Å². The van der Waals surface area contributed by atoms with Crippen molar-refractivity contribution in [3.63, 3.8) is 0 Å². The summed E-state index contributed by atoms with van der Waals surface area (Å²) in [4.78, 5) is 0. The summed E-state index contributed by atoms with van der Waals surface area (Å²) >= 11 is -3.16. The molecule has 220 valence electrons. The first-order chi connectivity index (χ1) is 17.8. The number of hydrogen-bond donors (Lipinski definition) is 0. The van der Waals surface area contributed by atoms with Crippen molar-refractivity contribution in [2.45, 2.75) is 155 Å². The summed E-state index contributed by atoms with van der Waals surface area (Å²) in [5, 5.41) is 2.04. The molecule has 0 saturated heterocycles. The summed E-state index contributed by atoms with van der Waals surface area (Å²) in [5.41, 5.74) is 5.03. The Morgan fingerprint density at radius 2 is 0.750 bits per heavy atom. The van der Waals surface area contributed by atoms with E-state index >= 15 is 0 Å². The minimum Gasteiger partial charge on any atom is -0.767 e. The molecule has 0 aliphatic carbocycles. The van der Waals surface area contributed by atoms with Gasteiger partial charge in [-0.05, 0) is 43.9 Å². The molecule has 4 heteroatoms. The van der Waals surface area contributed by atoms with Crippen LogP contribution in [0.3, 0.4) is 0 Å². The number of unbranched alkanes of at least 4 members (excludes halogenated alkanes) is 2. The summed E-state index contributed by atoms with van der Waals surface area (Å²) < 4.78 is 15.2. The maximum atomic E-state index is 7.61. The third-order valence-electron chi connectivity index (χ3n) is 7.92. The van der Waals surface area contributed by atoms with Gasteiger partial charge in [0.15, 0.2) is 0 Å². The molecule has 0 spiro atoms. The van der Waals surface area contributed by atoms with E-state index in [1.165, 1.54) is 22.3 Å². The molecule has 0 saturated carbocycles. The summed E-state index contributed by atoms with van der Waals surface area (Å²) in [5.74, 6) is 2.17. The van der Waals surface area contributed by atoms with Crippen molar-refractivity contribution in [2.75, 3.05) is 0 Å². The van der Waals surface area contributed by atoms with Gasteiger partial charge in [-0.1, -0.05) is 159 Å². The fourth-order valence-corrected chi connectivity index (χ4v) is 9.79. The predicted molar refractivity (Wildman–Crippen MR) is 174 cm³/mol. The van der Waals surface area contributed by atoms with Gasteiger partial charge in [-0.3, -0.25) is 0 Å². The van der Waals surface area contributed by atoms with Gasteiger partial charge in [-0.2, -0.15) is 0 Å². The smallest absolute Gasteiger partial charge is 0.767 e. The van der Waals surface area contributed by atoms with Gasteiger partial charge in [0.25, 0.3) is 0 Å². The molecule has 0 atom stereocenters. The number of hydrogen-bond acceptors (Lipinski definition) is 2. The molecular formula is C36H60AlLiO2. The quantitative estimate of drug-likeness (QED) is 0.273. The van der Waals surface area contributed by atoms with Crippen LogP contribution in [0.5, 0.6) is 11.5 Å². The first-order valence-electron chi connectivity index (χ1n) is 15.6. The van der Waals surface area contributed by atoms with Gasteiger partial charge in [0.1, 0.15) is 0 Å². The van der Waals surface area contributed by atoms with Crippen LogP contribution in [0.4, 0.5) is 0 Å². The maximum absolute atomic E-state index is 7.61. The van der Waals surface area contributed by atoms with Crippen LogP contribution in [0.2, 0.25) is 10.6 Å². The Morgan fingerprint density at radius 3 is 0.950 bits per heavy atom. The Labute approximate surface area is 263 Å². The van der Waals surface area contributed by atoms with Crippen molar-refractivity contribution in [3.8, 4) is 11.5 Å². The fraction of sp³-hybridized carbons (Fsp3) is 0.667. The minimum atomic E-state index is -3.16. The molecule has 2 aromatic rings. The van der Waals surface area contributed by atoms with Gasteiger partial charge in [-0.25, -0.2) is 0 Å². The zero-order valence-electron chi connectivity index (χ0n) is 29.1. The molecule has 0 aliphatic heterocycles. The van der Waals surface area contributed by atoms with Gasteiger partial charge in [0, 0.05) is 0 Å². The van der Waals surface area contributed by atoms with Crippen molar-refractivity contribution in [2.24, 2.45) is 0 Å². The summed E-state index contributed by atoms with van der Waals surface area (Å²) in [6, 6.07) is 13.5. The monoisotopic (exact) mass is 558 g/mol. The molecule has 0 bridgehead atoms. The van der Waals surface area contributed by atoms with Gasteiger partial charge < -0.3 is 7.58 Å². The SMILES string of the molecule is CCC[CH2][Al-]([CH2]CCC)([O]c1c(C(C)(C)C)cccc1C(C)(C)C)[O]c1c(C(C)(C)C)cccc1C(C)(C)C.[Li+]. The first kappa shape index (κ1) is 37.2. The number of benzene rings is 2. The van der Waals surface area contributed by atoms with E-state index in [1.54, 1.807) is 0 Å². The molecule has 0 aromatic heterocycles. The second-order valence-corrected chi connectivity index (χ2v) is 19.7. The van der Waals surface area contributed by atoms with Crippen LogP contribution < -0.4 is 26.4 Å². The topological polar surface area (TPSA) is 18.5 Å². The summed E-state index contributed by atoms with van der Waals surface area (Å²) in [7, 11) is 0. The van der Waals surface area contributed by atoms with Crippen LogP contribution in [-0.4, -0.2) is 13.7 Å². The van der Waals surface area contributed by atoms with E-state index in [0.29, 0.717) is 0 Å². The molecule has 0 radical (unpaired) electrons. The Kier molecular flexibility index (Phi) is 13.1. The average molecular weight is 559 g/mol. The molecule has 0 aliphatic rings. The minimum absolute atomic E-state index is 0. The molecule has 2 nitrogen and oxygen atoms in total. The van der Waals surface area contributed by atoms with E-state index in [9.17, 15) is 0 Å². The van der Waals surface area contributed by atoms with Crippen LogP contribution in [0.25, 0.3) is 0 Å². The largest absolute Gasteiger partial charge is 1.00 e. The van der Waals surface area contributed by atoms with Crippen molar-refractivity contribution in [1.29, 1.82) is 0 Å². The van der Waals surface area contributed by atoms with Crippen molar-refractivity contribution in [1.82, 2.24) is 0 Å². The van der Waals surface area contributed by atoms with Crippen molar-refractivity contribution < 1.29 is 26.4 Å². The van der Waals surface area contributed by atoms with Gasteiger partial charge >= 0.3 is 32.6 Å². The Balaban J connectivity index is 0.00000800. The Hall–Kier alpha value is -0.830. The molecule has 0 heterocycles. The van der Waals surface area contributed by atoms with E-state index < -0.39 is 13.7 Å². The molecule has 0 unspecified atom stereocenters. The molecular weight excluding hydrogens is 498 g/mol. The molecule has 2 rings (SSSR count). The third-order valence-corrected chi connectivity index (χ3v) is 11.8. The van der Waals surface area contributed by atoms with Crippen LogP contribution in [-0.2, 0) is 21.7 Å². The number of rotatable bonds is 10. The fourth-order valence-electron chi connectivity index (χ4n) is 5.55. The molecule has 0 amide bonds. The molecule has 2 aromatic carbocycles. The predicted octanol–water partition coefficient (Wildman–Crippen LogP) is 8.38. The standard InChI is InChI=1S/2C14H22O.2C4H9.Al.Li/c2*1-13(2,3)10-8-7-9-11(12(10)15)14(4,5)6;2*1-3-4-2;;/h2*7-9,15H,1-6H3;2*1,3-4H2,2H3;;/q;;;;2*+1/p-2. The Bertz CT molecular complexity index is 926. The first-order valence-corrected chi connectivity index (χ1v) is 18.2. The van der Waals surface area contributed by atoms with Crippen molar-refractivity contribution in [3.05, 3.63) is 58.7 Å². The second-order valence-electron chi connectivity index (χ2n) is 15.9. The molecule has 40 heavy (non-hydrogen) atoms. The molecule has 0 N–H and O–H groups in total. The van der Waals surface area contributed by atoms with Crippen LogP contribution >= 0.6 is 0 Å². The van der Waals surface area contributed by atoms with Gasteiger partial charge in [0.2, 0.25) is 0 Å². The summed E-state index contributed by atoms with van der Waals surface area (Å²) in [6.07, 6.45) is 4.53. The maximum Gasteiger partial charge on any atom is 1.00 e. The van der Waals surface area contributed by atoms with Gasteiger partial charge in [0.05, 0.1) is 11.5 Å². The molecule has 0 fully saturated rings. The zero-order chi connectivity index (χ0) is 29.9. The summed E-state index contributed by atoms with van der Waals surface area (Å²) in [6.45, 7) is 32.2. The van der Waals surface area contributed by atoms with Crippen LogP contribution in [0.1, 0.15) is 145 Å². The number of para-hydroxylation sites is 2. The van der Waals surface area contributed by atoms with Gasteiger partial charge in [-0.15, -0.1) is 10.6 Å². The second kappa shape index (κ2) is 14.1. The van der Waals surface area contributed by atoms with E-state index in [1.807, 2.05) is 0 Å². The van der Waals surface area contributed by atoms with E-state index in [4.69, 9.17) is 7.58 Å². The average Bonchev–Trinajstić information content (AvgIpc) is 2.78. The zero-order valence-corrected chi connectivity index (χ0v) is 30.3. The normalized spacial score (nSPS) is 13.2. The van der Waals surface area contributed by atoms with E-state index in [2.05, 4.69) is 133 Å².